The van der Waals surface area contributed by atoms with Crippen molar-refractivity contribution in [2.75, 3.05) is 19.0 Å². The summed E-state index contributed by atoms with van der Waals surface area (Å²) in [7, 11) is 1.12. The number of methoxy groups -OCH3 is 1. The molecule has 2 aromatic rings. The number of oxazole rings is 1. The predicted octanol–water partition coefficient (Wildman–Crippen LogP) is 4.94. The van der Waals surface area contributed by atoms with E-state index in [0.29, 0.717) is 18.6 Å². The molecule has 0 aliphatic heterocycles. The van der Waals surface area contributed by atoms with E-state index < -0.39 is 41.2 Å². The molecular formula is C18H17F6N3O4. The lowest BCUT2D eigenvalue weighted by molar-refractivity contribution is -0.143. The van der Waals surface area contributed by atoms with Gasteiger partial charge in [0.2, 0.25) is 5.89 Å². The van der Waals surface area contributed by atoms with Gasteiger partial charge in [-0.3, -0.25) is 0 Å². The lowest BCUT2D eigenvalue weighted by Crippen LogP contribution is -2.35. The van der Waals surface area contributed by atoms with Crippen molar-refractivity contribution >= 4 is 17.7 Å². The van der Waals surface area contributed by atoms with Gasteiger partial charge >= 0.3 is 24.4 Å². The van der Waals surface area contributed by atoms with E-state index in [1.807, 2.05) is 5.32 Å². The minimum Gasteiger partial charge on any atom is -0.464 e. The number of nitrogens with zero attached hydrogens (tertiary/aromatic N) is 2. The number of aromatic nitrogens is 1. The van der Waals surface area contributed by atoms with Crippen molar-refractivity contribution in [1.82, 2.24) is 9.88 Å². The van der Waals surface area contributed by atoms with E-state index in [-0.39, 0.29) is 30.7 Å². The first-order valence-corrected chi connectivity index (χ1v) is 8.73. The summed E-state index contributed by atoms with van der Waals surface area (Å²) in [5.41, 5.74) is -3.97. The molecule has 1 N–H and O–H groups in total. The summed E-state index contributed by atoms with van der Waals surface area (Å²) < 4.78 is 87.5. The average Bonchev–Trinajstić information content (AvgIpc) is 3.14. The molecule has 0 atom stereocenters. The number of hydrogen-bond donors (Lipinski definition) is 1. The highest BCUT2D eigenvalue weighted by Crippen LogP contribution is 2.37. The van der Waals surface area contributed by atoms with Gasteiger partial charge < -0.3 is 19.4 Å². The minimum absolute atomic E-state index is 0.0411. The highest BCUT2D eigenvalue weighted by molar-refractivity contribution is 5.89. The third-order valence-electron chi connectivity index (χ3n) is 3.89. The van der Waals surface area contributed by atoms with Crippen LogP contribution in [0.3, 0.4) is 0 Å². The Bertz CT molecular complexity index is 907. The Hall–Kier alpha value is -3.25. The Morgan fingerprint density at radius 3 is 2.16 bits per heavy atom. The summed E-state index contributed by atoms with van der Waals surface area (Å²) in [5, 5.41) is 2.04. The van der Waals surface area contributed by atoms with Crippen LogP contribution in [0.2, 0.25) is 0 Å². The van der Waals surface area contributed by atoms with Crippen LogP contribution >= 0.6 is 0 Å². The molecule has 0 unspecified atom stereocenters. The summed E-state index contributed by atoms with van der Waals surface area (Å²) in [6, 6.07) is -0.219. The van der Waals surface area contributed by atoms with Gasteiger partial charge in [-0.25, -0.2) is 14.6 Å². The molecule has 2 amide bonds. The first-order valence-electron chi connectivity index (χ1n) is 8.73. The second-order valence-electron chi connectivity index (χ2n) is 6.26. The molecule has 0 bridgehead atoms. The number of halogens is 6. The van der Waals surface area contributed by atoms with Crippen molar-refractivity contribution < 1.29 is 45.1 Å². The van der Waals surface area contributed by atoms with Crippen molar-refractivity contribution in [3.05, 3.63) is 47.2 Å². The first kappa shape index (κ1) is 24.0. The van der Waals surface area contributed by atoms with Gasteiger partial charge in [-0.15, -0.1) is 0 Å². The lowest BCUT2D eigenvalue weighted by Gasteiger charge is -2.22. The van der Waals surface area contributed by atoms with E-state index in [9.17, 15) is 35.9 Å². The van der Waals surface area contributed by atoms with Gasteiger partial charge in [-0.2, -0.15) is 26.3 Å². The smallest absolute Gasteiger partial charge is 0.416 e. The second-order valence-corrected chi connectivity index (χ2v) is 6.26. The first-order chi connectivity index (χ1) is 14.3. The Morgan fingerprint density at radius 1 is 1.10 bits per heavy atom. The summed E-state index contributed by atoms with van der Waals surface area (Å²) in [4.78, 5) is 28.8. The zero-order valence-electron chi connectivity index (χ0n) is 16.2. The highest BCUT2D eigenvalue weighted by atomic mass is 19.4. The summed E-state index contributed by atoms with van der Waals surface area (Å²) >= 11 is 0. The number of anilines is 1. The Labute approximate surface area is 172 Å². The molecule has 0 saturated carbocycles. The third kappa shape index (κ3) is 6.36. The fourth-order valence-corrected chi connectivity index (χ4v) is 2.50. The van der Waals surface area contributed by atoms with Crippen LogP contribution in [0.15, 0.2) is 28.9 Å². The molecular weight excluding hydrogens is 436 g/mol. The molecule has 1 aromatic carbocycles. The van der Waals surface area contributed by atoms with Crippen LogP contribution in [0, 0.1) is 0 Å². The molecule has 1 aromatic heterocycles. The van der Waals surface area contributed by atoms with Crippen LogP contribution in [-0.2, 0) is 23.6 Å². The van der Waals surface area contributed by atoms with Crippen LogP contribution in [-0.4, -0.2) is 35.5 Å². The van der Waals surface area contributed by atoms with Crippen molar-refractivity contribution in [2.45, 2.75) is 32.2 Å². The average molecular weight is 453 g/mol. The quantitative estimate of drug-likeness (QED) is 0.495. The standard InChI is InChI=1S/C18H17F6N3O4/c1-3-4-27(8-14-26-13(9-31-14)15(28)30-2)16(29)25-12-6-10(17(19,20)21)5-11(7-12)18(22,23)24/h5-7,9H,3-4,8H2,1-2H3,(H,25,29). The summed E-state index contributed by atoms with van der Waals surface area (Å²) in [6.07, 6.45) is -8.70. The van der Waals surface area contributed by atoms with Crippen LogP contribution in [0.25, 0.3) is 0 Å². The fourth-order valence-electron chi connectivity index (χ4n) is 2.50. The number of amides is 2. The molecule has 2 rings (SSSR count). The second kappa shape index (κ2) is 9.27. The number of nitrogens with one attached hydrogen (secondary N) is 1. The van der Waals surface area contributed by atoms with E-state index in [4.69, 9.17) is 4.42 Å². The largest absolute Gasteiger partial charge is 0.464 e. The number of carbonyl (C=O) groups excluding carboxylic acids is 2. The zero-order chi connectivity index (χ0) is 23.4. The number of ether oxygens (including phenoxy) is 1. The van der Waals surface area contributed by atoms with Crippen molar-refractivity contribution in [1.29, 1.82) is 0 Å². The van der Waals surface area contributed by atoms with Crippen molar-refractivity contribution in [3.8, 4) is 0 Å². The van der Waals surface area contributed by atoms with E-state index in [0.717, 1.165) is 18.3 Å². The molecule has 0 aliphatic carbocycles. The maximum absolute atomic E-state index is 13.0. The number of urea groups is 1. The molecule has 0 aliphatic rings. The number of rotatable bonds is 6. The van der Waals surface area contributed by atoms with Crippen molar-refractivity contribution in [3.63, 3.8) is 0 Å². The number of hydrogen-bond acceptors (Lipinski definition) is 5. The van der Waals surface area contributed by atoms with Crippen LogP contribution < -0.4 is 5.32 Å². The van der Waals surface area contributed by atoms with Gasteiger partial charge in [0.25, 0.3) is 0 Å². The van der Waals surface area contributed by atoms with E-state index in [1.165, 1.54) is 0 Å². The Balaban J connectivity index is 2.27. The minimum atomic E-state index is -5.05. The normalized spacial score (nSPS) is 11.9. The SMILES string of the molecule is CCCN(Cc1nc(C(=O)OC)co1)C(=O)Nc1cc(C(F)(F)F)cc(C(F)(F)F)c1. The Kier molecular flexibility index (Phi) is 7.18. The highest BCUT2D eigenvalue weighted by Gasteiger charge is 2.37. The Morgan fingerprint density at radius 2 is 1.68 bits per heavy atom. The van der Waals surface area contributed by atoms with E-state index >= 15 is 0 Å². The van der Waals surface area contributed by atoms with Crippen molar-refractivity contribution in [2.24, 2.45) is 0 Å². The van der Waals surface area contributed by atoms with Gasteiger partial charge in [0.05, 0.1) is 24.8 Å². The maximum atomic E-state index is 13.0. The molecule has 0 fully saturated rings. The van der Waals surface area contributed by atoms with Gasteiger partial charge in [-0.1, -0.05) is 6.92 Å². The molecule has 0 saturated heterocycles. The van der Waals surface area contributed by atoms with Crippen LogP contribution in [0.1, 0.15) is 40.9 Å². The van der Waals surface area contributed by atoms with Crippen LogP contribution in [0.4, 0.5) is 36.8 Å². The number of benzene rings is 1. The van der Waals surface area contributed by atoms with Crippen LogP contribution in [0.5, 0.6) is 0 Å². The summed E-state index contributed by atoms with van der Waals surface area (Å²) in [5.74, 6) is -0.867. The predicted molar refractivity (Wildman–Crippen MR) is 94.0 cm³/mol. The molecule has 1 heterocycles. The number of alkyl halides is 6. The van der Waals surface area contributed by atoms with E-state index in [2.05, 4.69) is 9.72 Å². The molecule has 0 spiro atoms. The van der Waals surface area contributed by atoms with E-state index in [1.54, 1.807) is 6.92 Å². The molecule has 7 nitrogen and oxygen atoms in total. The summed E-state index contributed by atoms with van der Waals surface area (Å²) in [6.45, 7) is 1.48. The zero-order valence-corrected chi connectivity index (χ0v) is 16.2. The topological polar surface area (TPSA) is 84.7 Å². The maximum Gasteiger partial charge on any atom is 0.416 e. The number of esters is 1. The molecule has 13 heteroatoms. The molecule has 170 valence electrons. The molecule has 0 radical (unpaired) electrons. The third-order valence-corrected chi connectivity index (χ3v) is 3.89. The van der Waals surface area contributed by atoms with Gasteiger partial charge in [0.1, 0.15) is 6.26 Å². The van der Waals surface area contributed by atoms with Gasteiger partial charge in [-0.05, 0) is 24.6 Å². The lowest BCUT2D eigenvalue weighted by atomic mass is 10.1. The number of carbonyl (C=O) groups is 2. The van der Waals surface area contributed by atoms with Gasteiger partial charge in [0.15, 0.2) is 5.69 Å². The monoisotopic (exact) mass is 453 g/mol. The molecule has 31 heavy (non-hydrogen) atoms. The van der Waals surface area contributed by atoms with Gasteiger partial charge in [0, 0.05) is 12.2 Å². The fraction of sp³-hybridized carbons (Fsp3) is 0.389.